The minimum atomic E-state index is -0.537. The monoisotopic (exact) mass is 371 g/mol. The van der Waals surface area contributed by atoms with Gasteiger partial charge in [-0.15, -0.1) is 12.4 Å². The molecule has 1 aliphatic heterocycles. The Morgan fingerprint density at radius 1 is 1.44 bits per heavy atom. The lowest BCUT2D eigenvalue weighted by molar-refractivity contribution is -0.385. The highest BCUT2D eigenvalue weighted by Gasteiger charge is 2.40. The van der Waals surface area contributed by atoms with Crippen LogP contribution in [0.3, 0.4) is 0 Å². The Morgan fingerprint density at radius 2 is 2.08 bits per heavy atom. The molecule has 1 fully saturated rings. The lowest BCUT2D eigenvalue weighted by atomic mass is 9.78. The Balaban J connectivity index is 0.00000312. The number of nitro groups is 1. The van der Waals surface area contributed by atoms with E-state index in [1.165, 1.54) is 6.07 Å². The third kappa shape index (κ3) is 4.90. The van der Waals surface area contributed by atoms with Crippen LogP contribution in [0.5, 0.6) is 0 Å². The van der Waals surface area contributed by atoms with Crippen LogP contribution < -0.4 is 10.6 Å². The molecule has 7 nitrogen and oxygen atoms in total. The Kier molecular flexibility index (Phi) is 7.79. The van der Waals surface area contributed by atoms with Gasteiger partial charge in [-0.3, -0.25) is 14.9 Å². The molecule has 1 aromatic rings. The van der Waals surface area contributed by atoms with Crippen molar-refractivity contribution < 1.29 is 14.5 Å². The molecule has 0 aliphatic carbocycles. The number of amides is 1. The highest BCUT2D eigenvalue weighted by Crippen LogP contribution is 2.31. The minimum absolute atomic E-state index is 0. The first-order chi connectivity index (χ1) is 11.4. The molecular formula is C17H26ClN3O4. The second kappa shape index (κ2) is 9.12. The van der Waals surface area contributed by atoms with Gasteiger partial charge >= 0.3 is 0 Å². The number of hydrogen-bond acceptors (Lipinski definition) is 5. The molecule has 1 unspecified atom stereocenters. The third-order valence-corrected chi connectivity index (χ3v) is 4.74. The van der Waals surface area contributed by atoms with Crippen LogP contribution in [0.15, 0.2) is 18.2 Å². The zero-order valence-electron chi connectivity index (χ0n) is 14.8. The van der Waals surface area contributed by atoms with Gasteiger partial charge in [0.1, 0.15) is 0 Å². The van der Waals surface area contributed by atoms with Gasteiger partial charge in [-0.25, -0.2) is 0 Å². The molecule has 0 radical (unpaired) electrons. The molecule has 0 saturated carbocycles. The van der Waals surface area contributed by atoms with Gasteiger partial charge in [0.15, 0.2) is 0 Å². The predicted octanol–water partition coefficient (Wildman–Crippen LogP) is 2.52. The average molecular weight is 372 g/mol. The maximum atomic E-state index is 12.8. The van der Waals surface area contributed by atoms with E-state index in [4.69, 9.17) is 4.74 Å². The SMILES string of the molecule is COCC1(C(=O)NC(C)c2ccc(C)c([N+](=O)[O-])c2)CCNCC1.Cl. The molecule has 2 rings (SSSR count). The van der Waals surface area contributed by atoms with Crippen molar-refractivity contribution in [1.29, 1.82) is 0 Å². The summed E-state index contributed by atoms with van der Waals surface area (Å²) in [5, 5.41) is 17.4. The van der Waals surface area contributed by atoms with Gasteiger partial charge in [-0.05, 0) is 45.3 Å². The van der Waals surface area contributed by atoms with Crippen LogP contribution in [0.2, 0.25) is 0 Å². The number of aryl methyl sites for hydroxylation is 1. The lowest BCUT2D eigenvalue weighted by Gasteiger charge is -2.36. The number of ether oxygens (including phenoxy) is 1. The summed E-state index contributed by atoms with van der Waals surface area (Å²) >= 11 is 0. The number of benzene rings is 1. The number of hydrogen-bond donors (Lipinski definition) is 2. The van der Waals surface area contributed by atoms with Crippen LogP contribution in [0.1, 0.15) is 36.9 Å². The molecule has 1 aromatic carbocycles. The van der Waals surface area contributed by atoms with Gasteiger partial charge in [0.2, 0.25) is 5.91 Å². The zero-order chi connectivity index (χ0) is 17.7. The summed E-state index contributed by atoms with van der Waals surface area (Å²) in [5.74, 6) is -0.0541. The molecule has 140 valence electrons. The van der Waals surface area contributed by atoms with Gasteiger partial charge in [0.05, 0.1) is 23.0 Å². The van der Waals surface area contributed by atoms with Crippen LogP contribution in [-0.2, 0) is 9.53 Å². The number of nitrogens with zero attached hydrogens (tertiary/aromatic N) is 1. The molecule has 25 heavy (non-hydrogen) atoms. The van der Waals surface area contributed by atoms with Gasteiger partial charge < -0.3 is 15.4 Å². The third-order valence-electron chi connectivity index (χ3n) is 4.74. The molecular weight excluding hydrogens is 346 g/mol. The van der Waals surface area contributed by atoms with Crippen molar-refractivity contribution in [3.05, 3.63) is 39.4 Å². The molecule has 0 bridgehead atoms. The van der Waals surface area contributed by atoms with E-state index in [9.17, 15) is 14.9 Å². The molecule has 0 aromatic heterocycles. The number of nitrogens with one attached hydrogen (secondary N) is 2. The summed E-state index contributed by atoms with van der Waals surface area (Å²) in [5.41, 5.74) is 0.867. The summed E-state index contributed by atoms with van der Waals surface area (Å²) < 4.78 is 5.28. The number of rotatable bonds is 6. The quantitative estimate of drug-likeness (QED) is 0.592. The maximum Gasteiger partial charge on any atom is 0.272 e. The van der Waals surface area contributed by atoms with Gasteiger partial charge in [0.25, 0.3) is 5.69 Å². The number of methoxy groups -OCH3 is 1. The molecule has 1 aliphatic rings. The predicted molar refractivity (Wildman–Crippen MR) is 98.1 cm³/mol. The Bertz CT molecular complexity index is 612. The summed E-state index contributed by atoms with van der Waals surface area (Å²) in [6.07, 6.45) is 1.43. The van der Waals surface area contributed by atoms with Crippen molar-refractivity contribution >= 4 is 24.0 Å². The van der Waals surface area contributed by atoms with E-state index in [2.05, 4.69) is 10.6 Å². The number of nitro benzene ring substituents is 1. The van der Waals surface area contributed by atoms with E-state index in [-0.39, 0.29) is 30.0 Å². The second-order valence-corrected chi connectivity index (χ2v) is 6.46. The standard InChI is InChI=1S/C17H25N3O4.ClH/c1-12-4-5-14(10-15(12)20(22)23)13(2)19-16(21)17(11-24-3)6-8-18-9-7-17;/h4-5,10,13,18H,6-9,11H2,1-3H3,(H,19,21);1H. The van der Waals surface area contributed by atoms with Crippen LogP contribution in [0, 0.1) is 22.5 Å². The highest BCUT2D eigenvalue weighted by atomic mass is 35.5. The Labute approximate surface area is 154 Å². The van der Waals surface area contributed by atoms with Crippen LogP contribution >= 0.6 is 12.4 Å². The average Bonchev–Trinajstić information content (AvgIpc) is 2.56. The van der Waals surface area contributed by atoms with Crippen molar-refractivity contribution in [3.8, 4) is 0 Å². The van der Waals surface area contributed by atoms with Gasteiger partial charge in [-0.1, -0.05) is 12.1 Å². The Hall–Kier alpha value is -1.70. The summed E-state index contributed by atoms with van der Waals surface area (Å²) in [6.45, 7) is 5.48. The van der Waals surface area contributed by atoms with Crippen molar-refractivity contribution in [2.75, 3.05) is 26.8 Å². The Morgan fingerprint density at radius 3 is 2.64 bits per heavy atom. The van der Waals surface area contributed by atoms with Gasteiger partial charge in [0, 0.05) is 18.7 Å². The molecule has 0 spiro atoms. The first kappa shape index (κ1) is 21.3. The fourth-order valence-corrected chi connectivity index (χ4v) is 3.14. The van der Waals surface area contributed by atoms with Crippen LogP contribution in [-0.4, -0.2) is 37.6 Å². The molecule has 2 N–H and O–H groups in total. The summed E-state index contributed by atoms with van der Waals surface area (Å²) in [6, 6.07) is 4.76. The highest BCUT2D eigenvalue weighted by molar-refractivity contribution is 5.85. The molecule has 8 heteroatoms. The van der Waals surface area contributed by atoms with Crippen molar-refractivity contribution in [2.45, 2.75) is 32.7 Å². The fourth-order valence-electron chi connectivity index (χ4n) is 3.14. The van der Waals surface area contributed by atoms with Crippen molar-refractivity contribution in [1.82, 2.24) is 10.6 Å². The van der Waals surface area contributed by atoms with Gasteiger partial charge in [-0.2, -0.15) is 0 Å². The number of piperidine rings is 1. The van der Waals surface area contributed by atoms with E-state index in [0.29, 0.717) is 25.0 Å². The number of carbonyl (C=O) groups excluding carboxylic acids is 1. The maximum absolute atomic E-state index is 12.8. The van der Waals surface area contributed by atoms with Crippen LogP contribution in [0.4, 0.5) is 5.69 Å². The van der Waals surface area contributed by atoms with Crippen molar-refractivity contribution in [2.24, 2.45) is 5.41 Å². The molecule has 1 saturated heterocycles. The van der Waals surface area contributed by atoms with Crippen LogP contribution in [0.25, 0.3) is 0 Å². The van der Waals surface area contributed by atoms with E-state index in [0.717, 1.165) is 18.7 Å². The first-order valence-corrected chi connectivity index (χ1v) is 8.15. The van der Waals surface area contributed by atoms with Crippen molar-refractivity contribution in [3.63, 3.8) is 0 Å². The fraction of sp³-hybridized carbons (Fsp3) is 0.588. The number of halogens is 1. The van der Waals surface area contributed by atoms with E-state index >= 15 is 0 Å². The largest absolute Gasteiger partial charge is 0.384 e. The van der Waals surface area contributed by atoms with E-state index in [1.807, 2.05) is 13.0 Å². The normalized spacial score (nSPS) is 17.2. The zero-order valence-corrected chi connectivity index (χ0v) is 15.6. The number of carbonyl (C=O) groups is 1. The topological polar surface area (TPSA) is 93.5 Å². The molecule has 1 heterocycles. The second-order valence-electron chi connectivity index (χ2n) is 6.46. The van der Waals surface area contributed by atoms with E-state index in [1.54, 1.807) is 20.1 Å². The molecule has 1 atom stereocenters. The first-order valence-electron chi connectivity index (χ1n) is 8.15. The summed E-state index contributed by atoms with van der Waals surface area (Å²) in [7, 11) is 1.60. The molecule has 1 amide bonds. The minimum Gasteiger partial charge on any atom is -0.384 e. The summed E-state index contributed by atoms with van der Waals surface area (Å²) in [4.78, 5) is 23.5. The van der Waals surface area contributed by atoms with E-state index < -0.39 is 10.3 Å². The smallest absolute Gasteiger partial charge is 0.272 e. The lowest BCUT2D eigenvalue weighted by Crippen LogP contribution is -2.50.